The molecule has 1 rings (SSSR count). The normalized spacial score (nSPS) is 13.6. The summed E-state index contributed by atoms with van der Waals surface area (Å²) in [5.74, 6) is -4.55. The molecule has 0 aromatic rings. The molecule has 28 heteroatoms. The van der Waals surface area contributed by atoms with Crippen molar-refractivity contribution in [1.29, 1.82) is 0 Å². The molecule has 1 saturated carbocycles. The molecule has 1 aliphatic rings. The number of alkyl halides is 14. The molecule has 1 aliphatic carbocycles. The number of methoxy groups -OCH3 is 2. The van der Waals surface area contributed by atoms with E-state index in [0.717, 1.165) is 73.0 Å². The molecule has 524 valence electrons. The number of carbonyl (C=O) groups excluding carboxylic acids is 1. The molecule has 3 atom stereocenters. The lowest BCUT2D eigenvalue weighted by Crippen LogP contribution is -2.25. The Morgan fingerprint density at radius 1 is 0.494 bits per heavy atom. The summed E-state index contributed by atoms with van der Waals surface area (Å²) in [6.45, 7) is 31.0. The van der Waals surface area contributed by atoms with Gasteiger partial charge in [0.1, 0.15) is 12.2 Å². The van der Waals surface area contributed by atoms with Crippen LogP contribution in [-0.4, -0.2) is 170 Å². The van der Waals surface area contributed by atoms with Crippen LogP contribution in [-0.2, 0) is 56.9 Å². The summed E-state index contributed by atoms with van der Waals surface area (Å²) in [7, 11) is 3.09. The van der Waals surface area contributed by atoms with E-state index in [2.05, 4.69) is 51.4 Å². The number of esters is 1. The molecule has 14 nitrogen and oxygen atoms in total. The smallest absolute Gasteiger partial charge is 0.353 e. The van der Waals surface area contributed by atoms with Crippen LogP contribution < -0.4 is 0 Å². The highest BCUT2D eigenvalue weighted by Crippen LogP contribution is 2.30. The van der Waals surface area contributed by atoms with Crippen LogP contribution in [0, 0.1) is 5.92 Å². The fraction of sp³-hybridized carbons (Fsp3) is 0.947. The number of hydrogen-bond donors (Lipinski definition) is 2. The van der Waals surface area contributed by atoms with E-state index < -0.39 is 60.6 Å². The minimum Gasteiger partial charge on any atom is -0.493 e. The van der Waals surface area contributed by atoms with Crippen molar-refractivity contribution in [1.82, 2.24) is 0 Å². The number of hydrogen-bond acceptors (Lipinski definition) is 14. The van der Waals surface area contributed by atoms with Crippen molar-refractivity contribution in [3.8, 4) is 0 Å². The number of unbranched alkanes of at least 4 members (excludes halogenated alkanes) is 2. The van der Waals surface area contributed by atoms with Gasteiger partial charge in [0.25, 0.3) is 0 Å². The number of aliphatic hydroxyl groups excluding tert-OH is 2. The van der Waals surface area contributed by atoms with Crippen molar-refractivity contribution in [2.24, 2.45) is 5.92 Å². The van der Waals surface area contributed by atoms with E-state index in [0.29, 0.717) is 32.8 Å². The fourth-order valence-electron chi connectivity index (χ4n) is 4.74. The molecule has 0 radical (unpaired) electrons. The summed E-state index contributed by atoms with van der Waals surface area (Å²) in [5.41, 5.74) is 0. The monoisotopic (exact) mass is 1290 g/mol. The Morgan fingerprint density at radius 2 is 0.859 bits per heavy atom. The van der Waals surface area contributed by atoms with Crippen LogP contribution in [0.5, 0.6) is 0 Å². The first kappa shape index (κ1) is 102. The van der Waals surface area contributed by atoms with Crippen molar-refractivity contribution >= 4 is 5.97 Å². The molecule has 0 aromatic heterocycles. The van der Waals surface area contributed by atoms with Crippen LogP contribution in [0.25, 0.3) is 0 Å². The summed E-state index contributed by atoms with van der Waals surface area (Å²) in [5, 5.41) is 16.0. The van der Waals surface area contributed by atoms with Gasteiger partial charge in [0.05, 0.1) is 58.1 Å². The van der Waals surface area contributed by atoms with Crippen LogP contribution in [0.4, 0.5) is 61.5 Å². The van der Waals surface area contributed by atoms with Crippen LogP contribution in [0.2, 0.25) is 0 Å². The standard InChI is InChI=1S/C13H22F2O2.C7H12F2O3.C7H16O.C6H12F2O.C5H10F2O2.2C5H10F2O.C4H8F2O.C3H8O.C2H6O/c1-10(9-16-13(3,14)15)17-11(2)12-7-5-4-6-8-12;1-5(12-6(2)10)4-11-7(3,8)9;1-3-5-6-7-8-4-2;1-3-9-5-4-6(2,7)8;1-4(8)3-9-5(2,6)7;1-5(6,7)3-4-8-2;1-3-4-8-5(2,6)7;1-3-7-4(2,5)6;1-3-4-2;1-2-3/h10,12H,2,4-9H2,1,3H3;5H,4H2,1-3H3;3-7H2,1-2H3;3-5H2,1-2H3;4,8H,3H2,1-2H3;2*3-4H2,1-2H3;3H2,1-2H3;3H2,1-2H3;3H,2H2,1H3. The van der Waals surface area contributed by atoms with Crippen molar-refractivity contribution in [3.05, 3.63) is 12.3 Å². The van der Waals surface area contributed by atoms with Gasteiger partial charge in [-0.15, -0.1) is 0 Å². The van der Waals surface area contributed by atoms with E-state index in [4.69, 9.17) is 24.4 Å². The quantitative estimate of drug-likeness (QED) is 0.0292. The summed E-state index contributed by atoms with van der Waals surface area (Å²) in [4.78, 5) is 10.3. The molecule has 2 N–H and O–H groups in total. The third-order valence-electron chi connectivity index (χ3n) is 8.48. The maximum Gasteiger partial charge on any atom is 0.353 e. The molecule has 0 amide bonds. The highest BCUT2D eigenvalue weighted by atomic mass is 19.3. The van der Waals surface area contributed by atoms with Crippen molar-refractivity contribution in [3.63, 3.8) is 0 Å². The number of aliphatic hydroxyl groups is 2. The van der Waals surface area contributed by atoms with Crippen LogP contribution in [0.1, 0.15) is 195 Å². The van der Waals surface area contributed by atoms with Crippen LogP contribution in [0.15, 0.2) is 12.3 Å². The lowest BCUT2D eigenvalue weighted by atomic mass is 9.88. The van der Waals surface area contributed by atoms with Gasteiger partial charge in [-0.2, -0.15) is 43.9 Å². The Labute approximate surface area is 501 Å². The Hall–Kier alpha value is -2.41. The molecular formula is C57H114F14O14. The average molecular weight is 1290 g/mol. The second-order valence-electron chi connectivity index (χ2n) is 18.9. The zero-order valence-corrected chi connectivity index (χ0v) is 54.9. The fourth-order valence-corrected chi connectivity index (χ4v) is 4.74. The van der Waals surface area contributed by atoms with Gasteiger partial charge < -0.3 is 62.3 Å². The predicted molar refractivity (Wildman–Crippen MR) is 303 cm³/mol. The minimum absolute atomic E-state index is 0.0590. The number of allylic oxidation sites excluding steroid dienone is 1. The summed E-state index contributed by atoms with van der Waals surface area (Å²) in [6.07, 6.45) is -7.22. The molecule has 0 spiro atoms. The molecule has 85 heavy (non-hydrogen) atoms. The number of ether oxygens (including phenoxy) is 11. The first-order valence-corrected chi connectivity index (χ1v) is 28.4. The van der Waals surface area contributed by atoms with Gasteiger partial charge in [0.2, 0.25) is 11.8 Å². The van der Waals surface area contributed by atoms with Gasteiger partial charge in [-0.1, -0.05) is 52.5 Å². The first-order valence-electron chi connectivity index (χ1n) is 28.4. The predicted octanol–water partition coefficient (Wildman–Crippen LogP) is 17.0. The van der Waals surface area contributed by atoms with Crippen LogP contribution in [0.3, 0.4) is 0 Å². The number of halogens is 14. The topological polar surface area (TPSA) is 159 Å². The van der Waals surface area contributed by atoms with Gasteiger partial charge in [0.15, 0.2) is 0 Å². The van der Waals surface area contributed by atoms with E-state index >= 15 is 0 Å². The third-order valence-corrected chi connectivity index (χ3v) is 8.48. The lowest BCUT2D eigenvalue weighted by molar-refractivity contribution is -0.236. The van der Waals surface area contributed by atoms with Gasteiger partial charge >= 0.3 is 36.5 Å². The number of rotatable bonds is 31. The molecular weight excluding hydrogens is 1170 g/mol. The van der Waals surface area contributed by atoms with Gasteiger partial charge in [-0.05, 0) is 94.9 Å². The van der Waals surface area contributed by atoms with E-state index in [9.17, 15) is 66.3 Å². The molecule has 3 unspecified atom stereocenters. The van der Waals surface area contributed by atoms with E-state index in [1.807, 2.05) is 13.8 Å². The zero-order valence-electron chi connectivity index (χ0n) is 54.9. The van der Waals surface area contributed by atoms with Crippen molar-refractivity contribution in [2.75, 3.05) is 93.5 Å². The summed E-state index contributed by atoms with van der Waals surface area (Å²) >= 11 is 0. The summed E-state index contributed by atoms with van der Waals surface area (Å²) < 4.78 is 216. The Morgan fingerprint density at radius 3 is 1.11 bits per heavy atom. The van der Waals surface area contributed by atoms with Gasteiger partial charge in [-0.3, -0.25) is 4.79 Å². The molecule has 0 aromatic carbocycles. The Balaban J connectivity index is -0.000000111. The Kier molecular flexibility index (Phi) is 75.4. The van der Waals surface area contributed by atoms with E-state index in [1.54, 1.807) is 34.8 Å². The highest BCUT2D eigenvalue weighted by molar-refractivity contribution is 5.66. The SMILES string of the molecule is C=C(OC(C)COC(C)(F)F)C1CCCCC1.CC(=O)OC(C)COC(C)(F)F.CC(O)COC(C)(F)F.CCCCCOCC.CCCOC(C)(F)F.CCO.CCOC.CCOC(C)(F)F.CCOCCC(C)(F)F.COCCC(C)(F)F. The molecule has 0 heterocycles. The second kappa shape index (κ2) is 63.2. The lowest BCUT2D eigenvalue weighted by Gasteiger charge is -2.26. The molecule has 0 aliphatic heterocycles. The minimum atomic E-state index is -3.17. The van der Waals surface area contributed by atoms with E-state index in [1.165, 1.54) is 73.3 Å². The largest absolute Gasteiger partial charge is 0.493 e. The second-order valence-corrected chi connectivity index (χ2v) is 18.9. The third kappa shape index (κ3) is 136. The highest BCUT2D eigenvalue weighted by Gasteiger charge is 2.26. The van der Waals surface area contributed by atoms with Crippen LogP contribution >= 0.6 is 0 Å². The van der Waals surface area contributed by atoms with Gasteiger partial charge in [0, 0.05) is 108 Å². The molecule has 0 bridgehead atoms. The molecule has 0 saturated heterocycles. The van der Waals surface area contributed by atoms with Gasteiger partial charge in [-0.25, -0.2) is 17.6 Å². The summed E-state index contributed by atoms with van der Waals surface area (Å²) in [6, 6.07) is 0. The maximum absolute atomic E-state index is 12.5. The zero-order chi connectivity index (χ0) is 69.0. The average Bonchev–Trinajstić information content (AvgIpc) is 3.35. The molecule has 1 fully saturated rings. The Bertz CT molecular complexity index is 1330. The maximum atomic E-state index is 12.5. The van der Waals surface area contributed by atoms with Crippen molar-refractivity contribution in [2.45, 2.75) is 256 Å². The first-order chi connectivity index (χ1) is 38.6. The number of carbonyl (C=O) groups is 1. The van der Waals surface area contributed by atoms with E-state index in [-0.39, 0.29) is 71.8 Å². The van der Waals surface area contributed by atoms with Crippen molar-refractivity contribution < 1.29 is 129 Å².